The fourth-order valence-corrected chi connectivity index (χ4v) is 2.16. The minimum absolute atomic E-state index is 0.0144. The molecule has 24 heavy (non-hydrogen) atoms. The maximum Gasteiger partial charge on any atom is 0.336 e. The molecule has 0 aliphatic rings. The van der Waals surface area contributed by atoms with Crippen molar-refractivity contribution in [1.29, 1.82) is 0 Å². The predicted octanol–water partition coefficient (Wildman–Crippen LogP) is 0.898. The Morgan fingerprint density at radius 2 is 2.04 bits per heavy atom. The summed E-state index contributed by atoms with van der Waals surface area (Å²) in [5, 5.41) is 15.2. The SMILES string of the molecule is COCCCNC(=O)C(=O)Nc1c(O)ccc2c(C)cc(=O)oc12. The van der Waals surface area contributed by atoms with E-state index in [1.54, 1.807) is 13.0 Å². The van der Waals surface area contributed by atoms with Crippen molar-refractivity contribution in [3.05, 3.63) is 34.2 Å². The molecule has 0 radical (unpaired) electrons. The van der Waals surface area contributed by atoms with Crippen molar-refractivity contribution in [1.82, 2.24) is 5.32 Å². The second-order valence-corrected chi connectivity index (χ2v) is 5.14. The minimum Gasteiger partial charge on any atom is -0.506 e. The van der Waals surface area contributed by atoms with Gasteiger partial charge in [-0.15, -0.1) is 0 Å². The van der Waals surface area contributed by atoms with E-state index < -0.39 is 17.4 Å². The number of ether oxygens (including phenoxy) is 1. The van der Waals surface area contributed by atoms with E-state index in [0.29, 0.717) is 24.0 Å². The number of aryl methyl sites for hydroxylation is 1. The standard InChI is InChI=1S/C16H18N2O6/c1-9-8-12(20)24-14-10(9)4-5-11(19)13(14)18-16(22)15(21)17-6-3-7-23-2/h4-5,8,19H,3,6-7H2,1-2H3,(H,17,21)(H,18,22). The normalized spacial score (nSPS) is 10.6. The van der Waals surface area contributed by atoms with Crippen LogP contribution in [0.15, 0.2) is 27.4 Å². The third-order valence-corrected chi connectivity index (χ3v) is 3.35. The average Bonchev–Trinajstić information content (AvgIpc) is 2.53. The van der Waals surface area contributed by atoms with Crippen molar-refractivity contribution in [3.8, 4) is 5.75 Å². The zero-order chi connectivity index (χ0) is 17.7. The summed E-state index contributed by atoms with van der Waals surface area (Å²) in [6.45, 7) is 2.43. The van der Waals surface area contributed by atoms with E-state index in [1.165, 1.54) is 19.2 Å². The van der Waals surface area contributed by atoms with Gasteiger partial charge in [0.1, 0.15) is 11.4 Å². The van der Waals surface area contributed by atoms with Crippen molar-refractivity contribution < 1.29 is 23.8 Å². The number of phenols is 1. The number of aromatic hydroxyl groups is 1. The largest absolute Gasteiger partial charge is 0.506 e. The highest BCUT2D eigenvalue weighted by molar-refractivity contribution is 6.40. The number of rotatable bonds is 5. The molecule has 2 rings (SSSR count). The second kappa shape index (κ2) is 7.60. The van der Waals surface area contributed by atoms with Crippen LogP contribution >= 0.6 is 0 Å². The summed E-state index contributed by atoms with van der Waals surface area (Å²) in [4.78, 5) is 35.2. The van der Waals surface area contributed by atoms with Crippen LogP contribution in [0, 0.1) is 6.92 Å². The Kier molecular flexibility index (Phi) is 5.54. The average molecular weight is 334 g/mol. The van der Waals surface area contributed by atoms with Crippen LogP contribution in [0.4, 0.5) is 5.69 Å². The Bertz CT molecular complexity index is 827. The van der Waals surface area contributed by atoms with Crippen LogP contribution in [0.5, 0.6) is 5.75 Å². The number of phenolic OH excluding ortho intramolecular Hbond substituents is 1. The molecule has 3 N–H and O–H groups in total. The smallest absolute Gasteiger partial charge is 0.336 e. The number of benzene rings is 1. The number of carbonyl (C=O) groups excluding carboxylic acids is 2. The lowest BCUT2D eigenvalue weighted by Gasteiger charge is -2.10. The molecule has 0 saturated carbocycles. The lowest BCUT2D eigenvalue weighted by molar-refractivity contribution is -0.136. The molecule has 0 spiro atoms. The molecule has 0 aliphatic carbocycles. The highest BCUT2D eigenvalue weighted by Gasteiger charge is 2.19. The Balaban J connectivity index is 2.23. The minimum atomic E-state index is -0.973. The zero-order valence-corrected chi connectivity index (χ0v) is 13.3. The van der Waals surface area contributed by atoms with E-state index in [2.05, 4.69) is 10.6 Å². The van der Waals surface area contributed by atoms with Gasteiger partial charge in [-0.3, -0.25) is 9.59 Å². The van der Waals surface area contributed by atoms with Gasteiger partial charge in [0.05, 0.1) is 0 Å². The van der Waals surface area contributed by atoms with Gasteiger partial charge in [-0.05, 0) is 31.0 Å². The zero-order valence-electron chi connectivity index (χ0n) is 13.3. The highest BCUT2D eigenvalue weighted by Crippen LogP contribution is 2.32. The molecule has 0 aliphatic heterocycles. The van der Waals surface area contributed by atoms with Crippen LogP contribution in [0.3, 0.4) is 0 Å². The first-order valence-electron chi connectivity index (χ1n) is 7.28. The fraction of sp³-hybridized carbons (Fsp3) is 0.312. The molecule has 0 saturated heterocycles. The third-order valence-electron chi connectivity index (χ3n) is 3.35. The van der Waals surface area contributed by atoms with Gasteiger partial charge < -0.3 is 24.9 Å². The Hall–Kier alpha value is -2.87. The van der Waals surface area contributed by atoms with Gasteiger partial charge >= 0.3 is 17.4 Å². The molecule has 0 bridgehead atoms. The lowest BCUT2D eigenvalue weighted by Crippen LogP contribution is -2.36. The molecule has 1 aromatic carbocycles. The second-order valence-electron chi connectivity index (χ2n) is 5.14. The summed E-state index contributed by atoms with van der Waals surface area (Å²) in [5.41, 5.74) is -0.100. The van der Waals surface area contributed by atoms with E-state index in [1.807, 2.05) is 0 Å². The molecular formula is C16H18N2O6. The van der Waals surface area contributed by atoms with Crippen LogP contribution in [-0.4, -0.2) is 37.2 Å². The summed E-state index contributed by atoms with van der Waals surface area (Å²) in [6.07, 6.45) is 0.559. The molecule has 8 nitrogen and oxygen atoms in total. The number of carbonyl (C=O) groups is 2. The number of anilines is 1. The molecular weight excluding hydrogens is 316 g/mol. The van der Waals surface area contributed by atoms with Gasteiger partial charge in [-0.2, -0.15) is 0 Å². The molecule has 8 heteroatoms. The molecule has 2 aromatic rings. The van der Waals surface area contributed by atoms with E-state index in [0.717, 1.165) is 0 Å². The van der Waals surface area contributed by atoms with Gasteiger partial charge in [0.15, 0.2) is 5.58 Å². The highest BCUT2D eigenvalue weighted by atomic mass is 16.5. The predicted molar refractivity (Wildman–Crippen MR) is 87.0 cm³/mol. The molecule has 1 aromatic heterocycles. The maximum atomic E-state index is 12.0. The van der Waals surface area contributed by atoms with Crippen LogP contribution < -0.4 is 16.3 Å². The summed E-state index contributed by atoms with van der Waals surface area (Å²) in [6, 6.07) is 4.21. The van der Waals surface area contributed by atoms with Gasteiger partial charge in [0.25, 0.3) is 0 Å². The van der Waals surface area contributed by atoms with Crippen LogP contribution in [0.25, 0.3) is 11.0 Å². The van der Waals surface area contributed by atoms with E-state index >= 15 is 0 Å². The summed E-state index contributed by atoms with van der Waals surface area (Å²) >= 11 is 0. The number of hydrogen-bond donors (Lipinski definition) is 3. The summed E-state index contributed by atoms with van der Waals surface area (Å²) in [7, 11) is 1.54. The number of methoxy groups -OCH3 is 1. The number of hydrogen-bond acceptors (Lipinski definition) is 6. The van der Waals surface area contributed by atoms with E-state index in [9.17, 15) is 19.5 Å². The molecule has 2 amide bonds. The number of amides is 2. The number of fused-ring (bicyclic) bond motifs is 1. The summed E-state index contributed by atoms with van der Waals surface area (Å²) in [5.74, 6) is -2.14. The molecule has 0 atom stereocenters. The lowest BCUT2D eigenvalue weighted by atomic mass is 10.1. The van der Waals surface area contributed by atoms with Crippen molar-refractivity contribution in [2.45, 2.75) is 13.3 Å². The van der Waals surface area contributed by atoms with Crippen molar-refractivity contribution in [2.75, 3.05) is 25.6 Å². The monoisotopic (exact) mass is 334 g/mol. The van der Waals surface area contributed by atoms with E-state index in [-0.39, 0.29) is 23.6 Å². The van der Waals surface area contributed by atoms with Crippen molar-refractivity contribution in [2.24, 2.45) is 0 Å². The Morgan fingerprint density at radius 3 is 2.75 bits per heavy atom. The maximum absolute atomic E-state index is 12.0. The first kappa shape index (κ1) is 17.5. The van der Waals surface area contributed by atoms with Gasteiger partial charge in [0, 0.05) is 31.7 Å². The Morgan fingerprint density at radius 1 is 1.29 bits per heavy atom. The third kappa shape index (κ3) is 3.90. The van der Waals surface area contributed by atoms with Crippen LogP contribution in [0.2, 0.25) is 0 Å². The topological polar surface area (TPSA) is 118 Å². The fourth-order valence-electron chi connectivity index (χ4n) is 2.16. The van der Waals surface area contributed by atoms with E-state index in [4.69, 9.17) is 9.15 Å². The Labute approximate surface area is 137 Å². The van der Waals surface area contributed by atoms with Gasteiger partial charge in [-0.1, -0.05) is 0 Å². The van der Waals surface area contributed by atoms with Gasteiger partial charge in [0.2, 0.25) is 0 Å². The first-order chi connectivity index (χ1) is 11.4. The first-order valence-corrected chi connectivity index (χ1v) is 7.28. The molecule has 1 heterocycles. The van der Waals surface area contributed by atoms with Crippen LogP contribution in [0.1, 0.15) is 12.0 Å². The van der Waals surface area contributed by atoms with Crippen LogP contribution in [-0.2, 0) is 14.3 Å². The van der Waals surface area contributed by atoms with Crippen molar-refractivity contribution >= 4 is 28.5 Å². The summed E-state index contributed by atoms with van der Waals surface area (Å²) < 4.78 is 9.91. The molecule has 128 valence electrons. The molecule has 0 fully saturated rings. The van der Waals surface area contributed by atoms with Gasteiger partial charge in [-0.25, -0.2) is 4.79 Å². The quantitative estimate of drug-likeness (QED) is 0.324. The van der Waals surface area contributed by atoms with Crippen molar-refractivity contribution in [3.63, 3.8) is 0 Å². The molecule has 0 unspecified atom stereocenters. The number of nitrogens with one attached hydrogen (secondary N) is 2.